The number of ether oxygens (including phenoxy) is 3. The number of amides is 1. The zero-order valence-corrected chi connectivity index (χ0v) is 10.9. The highest BCUT2D eigenvalue weighted by Crippen LogP contribution is 2.33. The van der Waals surface area contributed by atoms with E-state index in [9.17, 15) is 4.79 Å². The van der Waals surface area contributed by atoms with Crippen LogP contribution in [0.15, 0.2) is 24.3 Å². The highest BCUT2D eigenvalue weighted by atomic mass is 16.7. The van der Waals surface area contributed by atoms with E-state index in [0.29, 0.717) is 18.1 Å². The fourth-order valence-corrected chi connectivity index (χ4v) is 1.71. The van der Waals surface area contributed by atoms with Gasteiger partial charge in [-0.25, -0.2) is 5.48 Å². The molecule has 1 aromatic rings. The van der Waals surface area contributed by atoms with Crippen molar-refractivity contribution in [3.05, 3.63) is 24.3 Å². The normalized spacial score (nSPS) is 20.9. The van der Waals surface area contributed by atoms with E-state index in [0.717, 1.165) is 0 Å². The molecule has 1 N–H and O–H groups in total. The predicted molar refractivity (Wildman–Crippen MR) is 66.9 cm³/mol. The topological polar surface area (TPSA) is 66.0 Å². The van der Waals surface area contributed by atoms with Gasteiger partial charge in [0, 0.05) is 7.11 Å². The molecule has 1 aliphatic rings. The molecule has 6 heteroatoms. The molecule has 0 saturated carbocycles. The first-order chi connectivity index (χ1) is 9.22. The summed E-state index contributed by atoms with van der Waals surface area (Å²) in [6.07, 6.45) is -1.13. The lowest BCUT2D eigenvalue weighted by molar-refractivity contribution is -0.147. The lowest BCUT2D eigenvalue weighted by Crippen LogP contribution is -2.49. The fourth-order valence-electron chi connectivity index (χ4n) is 1.71. The first-order valence-electron chi connectivity index (χ1n) is 6.05. The number of carbonyl (C=O) groups excluding carboxylic acids is 1. The standard InChI is InChI=1S/C13H17NO5/c1-9-12(13(15)14-17-8-7-16-2)19-11-6-4-3-5-10(11)18-9/h3-6,9,12H,7-8H2,1-2H3,(H,14,15). The second-order valence-corrected chi connectivity index (χ2v) is 4.12. The zero-order chi connectivity index (χ0) is 13.7. The summed E-state index contributed by atoms with van der Waals surface area (Å²) in [5, 5.41) is 0. The number of hydrogen-bond acceptors (Lipinski definition) is 5. The highest BCUT2D eigenvalue weighted by molar-refractivity contribution is 5.81. The van der Waals surface area contributed by atoms with Gasteiger partial charge in [0.2, 0.25) is 6.10 Å². The van der Waals surface area contributed by atoms with Crippen LogP contribution in [0.1, 0.15) is 6.92 Å². The van der Waals surface area contributed by atoms with Gasteiger partial charge in [0.1, 0.15) is 6.10 Å². The van der Waals surface area contributed by atoms with Crippen LogP contribution in [0.2, 0.25) is 0 Å². The Bertz CT molecular complexity index is 437. The Labute approximate surface area is 111 Å². The van der Waals surface area contributed by atoms with Gasteiger partial charge >= 0.3 is 0 Å². The Kier molecular flexibility index (Phi) is 4.59. The van der Waals surface area contributed by atoms with Gasteiger partial charge in [-0.05, 0) is 19.1 Å². The van der Waals surface area contributed by atoms with Crippen LogP contribution in [0.4, 0.5) is 0 Å². The SMILES string of the molecule is COCCONC(=O)C1Oc2ccccc2OC1C. The van der Waals surface area contributed by atoms with Gasteiger partial charge in [0.15, 0.2) is 11.5 Å². The molecular formula is C13H17NO5. The molecule has 1 aromatic carbocycles. The van der Waals surface area contributed by atoms with Crippen molar-refractivity contribution in [3.63, 3.8) is 0 Å². The Morgan fingerprint density at radius 1 is 1.26 bits per heavy atom. The third-order valence-corrected chi connectivity index (χ3v) is 2.66. The van der Waals surface area contributed by atoms with E-state index in [1.165, 1.54) is 0 Å². The molecule has 0 fully saturated rings. The Morgan fingerprint density at radius 2 is 1.95 bits per heavy atom. The number of carbonyl (C=O) groups is 1. The number of fused-ring (bicyclic) bond motifs is 1. The van der Waals surface area contributed by atoms with Crippen molar-refractivity contribution in [1.82, 2.24) is 5.48 Å². The average Bonchev–Trinajstić information content (AvgIpc) is 2.42. The van der Waals surface area contributed by atoms with Gasteiger partial charge < -0.3 is 14.2 Å². The molecule has 2 rings (SSSR count). The van der Waals surface area contributed by atoms with Crippen LogP contribution in [0.5, 0.6) is 11.5 Å². The quantitative estimate of drug-likeness (QED) is 0.634. The second-order valence-electron chi connectivity index (χ2n) is 4.12. The van der Waals surface area contributed by atoms with Gasteiger partial charge in [-0.2, -0.15) is 0 Å². The lowest BCUT2D eigenvalue weighted by atomic mass is 10.1. The van der Waals surface area contributed by atoms with Crippen molar-refractivity contribution in [1.29, 1.82) is 0 Å². The van der Waals surface area contributed by atoms with Crippen LogP contribution < -0.4 is 15.0 Å². The average molecular weight is 267 g/mol. The third kappa shape index (κ3) is 3.36. The molecule has 19 heavy (non-hydrogen) atoms. The molecule has 0 aliphatic carbocycles. The minimum atomic E-state index is -0.738. The molecule has 1 heterocycles. The molecule has 104 valence electrons. The summed E-state index contributed by atoms with van der Waals surface area (Å²) in [6.45, 7) is 2.46. The number of nitrogens with one attached hydrogen (secondary N) is 1. The van der Waals surface area contributed by atoms with Gasteiger partial charge in [-0.1, -0.05) is 12.1 Å². The molecule has 2 atom stereocenters. The first-order valence-corrected chi connectivity index (χ1v) is 6.05. The van der Waals surface area contributed by atoms with Crippen LogP contribution in [0.25, 0.3) is 0 Å². The molecule has 2 unspecified atom stereocenters. The molecule has 0 spiro atoms. The third-order valence-electron chi connectivity index (χ3n) is 2.66. The van der Waals surface area contributed by atoms with E-state index in [4.69, 9.17) is 19.0 Å². The molecule has 6 nitrogen and oxygen atoms in total. The monoisotopic (exact) mass is 267 g/mol. The van der Waals surface area contributed by atoms with Crippen LogP contribution >= 0.6 is 0 Å². The van der Waals surface area contributed by atoms with Gasteiger partial charge in [-0.15, -0.1) is 0 Å². The minimum absolute atomic E-state index is 0.279. The van der Waals surface area contributed by atoms with E-state index in [-0.39, 0.29) is 18.6 Å². The maximum absolute atomic E-state index is 11.9. The smallest absolute Gasteiger partial charge is 0.288 e. The summed E-state index contributed by atoms with van der Waals surface area (Å²) in [7, 11) is 1.56. The van der Waals surface area contributed by atoms with Crippen molar-refractivity contribution in [2.24, 2.45) is 0 Å². The zero-order valence-electron chi connectivity index (χ0n) is 10.9. The number of hydroxylamine groups is 1. The molecule has 0 bridgehead atoms. The summed E-state index contributed by atoms with van der Waals surface area (Å²) in [6, 6.07) is 7.23. The van der Waals surface area contributed by atoms with Crippen LogP contribution in [0.3, 0.4) is 0 Å². The van der Waals surface area contributed by atoms with Crippen molar-refractivity contribution in [2.45, 2.75) is 19.1 Å². The minimum Gasteiger partial charge on any atom is -0.482 e. The summed E-state index contributed by atoms with van der Waals surface area (Å²) in [5.41, 5.74) is 2.32. The van der Waals surface area contributed by atoms with Gasteiger partial charge in [0.25, 0.3) is 5.91 Å². The van der Waals surface area contributed by atoms with Crippen LogP contribution in [0, 0.1) is 0 Å². The summed E-state index contributed by atoms with van der Waals surface area (Å²) < 4.78 is 16.0. The van der Waals surface area contributed by atoms with E-state index in [2.05, 4.69) is 5.48 Å². The number of methoxy groups -OCH3 is 1. The van der Waals surface area contributed by atoms with E-state index in [1.54, 1.807) is 26.2 Å². The lowest BCUT2D eigenvalue weighted by Gasteiger charge is -2.30. The number of benzene rings is 1. The first kappa shape index (κ1) is 13.6. The maximum atomic E-state index is 11.9. The van der Waals surface area contributed by atoms with E-state index >= 15 is 0 Å². The molecule has 0 saturated heterocycles. The summed E-state index contributed by atoms with van der Waals surface area (Å²) >= 11 is 0. The van der Waals surface area contributed by atoms with Crippen molar-refractivity contribution < 1.29 is 23.8 Å². The van der Waals surface area contributed by atoms with Crippen molar-refractivity contribution in [2.75, 3.05) is 20.3 Å². The van der Waals surface area contributed by atoms with Crippen LogP contribution in [-0.4, -0.2) is 38.4 Å². The predicted octanol–water partition coefficient (Wildman–Crippen LogP) is 0.909. The summed E-state index contributed by atoms with van der Waals surface area (Å²) in [4.78, 5) is 16.9. The number of hydrogen-bond donors (Lipinski definition) is 1. The Balaban J connectivity index is 1.92. The van der Waals surface area contributed by atoms with E-state index in [1.807, 2.05) is 12.1 Å². The summed E-state index contributed by atoms with van der Waals surface area (Å²) in [5.74, 6) is 0.815. The maximum Gasteiger partial charge on any atom is 0.288 e. The van der Waals surface area contributed by atoms with Crippen LogP contribution in [-0.2, 0) is 14.4 Å². The Morgan fingerprint density at radius 3 is 2.63 bits per heavy atom. The molecular weight excluding hydrogens is 250 g/mol. The molecule has 1 aliphatic heterocycles. The molecule has 1 amide bonds. The van der Waals surface area contributed by atoms with Gasteiger partial charge in [-0.3, -0.25) is 9.63 Å². The van der Waals surface area contributed by atoms with Crippen molar-refractivity contribution in [3.8, 4) is 11.5 Å². The number of rotatable bonds is 5. The largest absolute Gasteiger partial charge is 0.482 e. The molecule has 0 radical (unpaired) electrons. The van der Waals surface area contributed by atoms with Gasteiger partial charge in [0.05, 0.1) is 13.2 Å². The highest BCUT2D eigenvalue weighted by Gasteiger charge is 2.34. The second kappa shape index (κ2) is 6.40. The Hall–Kier alpha value is -1.79. The fraction of sp³-hybridized carbons (Fsp3) is 0.462. The molecule has 0 aromatic heterocycles. The van der Waals surface area contributed by atoms with E-state index < -0.39 is 6.10 Å². The number of para-hydroxylation sites is 2. The van der Waals surface area contributed by atoms with Crippen molar-refractivity contribution >= 4 is 5.91 Å².